The van der Waals surface area contributed by atoms with E-state index in [2.05, 4.69) is 5.10 Å². The molecule has 2 heterocycles. The summed E-state index contributed by atoms with van der Waals surface area (Å²) in [4.78, 5) is 11.2. The molecule has 0 radical (unpaired) electrons. The summed E-state index contributed by atoms with van der Waals surface area (Å²) < 4.78 is 6.81. The smallest absolute Gasteiger partial charge is 0.178 e. The number of carbonyl (C=O) groups excluding carboxylic acids is 1. The molecule has 1 aromatic rings. The van der Waals surface area contributed by atoms with Crippen LogP contribution in [0.5, 0.6) is 0 Å². The number of aryl methyl sites for hydroxylation is 1. The second kappa shape index (κ2) is 2.42. The molecule has 0 atom stereocenters. The van der Waals surface area contributed by atoms with Gasteiger partial charge in [-0.25, -0.2) is 0 Å². The normalized spacial score (nSPS) is 14.8. The van der Waals surface area contributed by atoms with Crippen molar-refractivity contribution in [2.45, 2.75) is 20.1 Å². The minimum atomic E-state index is 0.0525. The number of ether oxygens (including phenoxy) is 1. The Hall–Kier alpha value is -1.16. The molecular weight excluding hydrogens is 156 g/mol. The van der Waals surface area contributed by atoms with Gasteiger partial charge >= 0.3 is 0 Å². The van der Waals surface area contributed by atoms with Crippen LogP contribution >= 0.6 is 0 Å². The van der Waals surface area contributed by atoms with Crippen LogP contribution in [-0.2, 0) is 25.0 Å². The van der Waals surface area contributed by atoms with Gasteiger partial charge in [-0.3, -0.25) is 9.48 Å². The first kappa shape index (κ1) is 7.49. The standard InChI is InChI=1S/C8H10N2O2/c1-5(11)8-6-3-12-4-7(6)9-10(8)2/h3-4H2,1-2H3. The lowest BCUT2D eigenvalue weighted by molar-refractivity contribution is 0.0993. The molecule has 12 heavy (non-hydrogen) atoms. The number of aromatic nitrogens is 2. The van der Waals surface area contributed by atoms with Gasteiger partial charge in [0.1, 0.15) is 5.69 Å². The lowest BCUT2D eigenvalue weighted by Gasteiger charge is -1.98. The highest BCUT2D eigenvalue weighted by molar-refractivity contribution is 5.94. The summed E-state index contributed by atoms with van der Waals surface area (Å²) in [5.41, 5.74) is 2.55. The molecule has 0 aromatic carbocycles. The molecule has 0 unspecified atom stereocenters. The molecule has 1 aliphatic heterocycles. The number of ketones is 1. The minimum absolute atomic E-state index is 0.0525. The Morgan fingerprint density at radius 2 is 2.33 bits per heavy atom. The highest BCUT2D eigenvalue weighted by Crippen LogP contribution is 2.22. The third-order valence-corrected chi connectivity index (χ3v) is 2.05. The first-order valence-corrected chi connectivity index (χ1v) is 3.83. The van der Waals surface area contributed by atoms with Crippen molar-refractivity contribution in [1.82, 2.24) is 9.78 Å². The number of nitrogens with zero attached hydrogens (tertiary/aromatic N) is 2. The summed E-state index contributed by atoms with van der Waals surface area (Å²) in [6.07, 6.45) is 0. The maximum absolute atomic E-state index is 11.2. The van der Waals surface area contributed by atoms with E-state index in [-0.39, 0.29) is 5.78 Å². The molecule has 1 aliphatic rings. The summed E-state index contributed by atoms with van der Waals surface area (Å²) >= 11 is 0. The molecule has 4 heteroatoms. The SMILES string of the molecule is CC(=O)c1c2c(nn1C)COC2. The van der Waals surface area contributed by atoms with Gasteiger partial charge in [0, 0.05) is 19.5 Å². The van der Waals surface area contributed by atoms with Gasteiger partial charge in [0.25, 0.3) is 0 Å². The monoisotopic (exact) mass is 166 g/mol. The second-order valence-electron chi connectivity index (χ2n) is 2.95. The fourth-order valence-electron chi connectivity index (χ4n) is 1.58. The molecular formula is C8H10N2O2. The van der Waals surface area contributed by atoms with Gasteiger partial charge in [-0.2, -0.15) is 5.10 Å². The zero-order chi connectivity index (χ0) is 8.72. The van der Waals surface area contributed by atoms with Crippen molar-refractivity contribution < 1.29 is 9.53 Å². The Morgan fingerprint density at radius 3 is 3.00 bits per heavy atom. The van der Waals surface area contributed by atoms with Crippen LogP contribution in [0, 0.1) is 0 Å². The van der Waals surface area contributed by atoms with E-state index >= 15 is 0 Å². The van der Waals surface area contributed by atoms with E-state index in [0.717, 1.165) is 11.3 Å². The van der Waals surface area contributed by atoms with Gasteiger partial charge in [-0.1, -0.05) is 0 Å². The van der Waals surface area contributed by atoms with Crippen LogP contribution in [0.2, 0.25) is 0 Å². The fourth-order valence-corrected chi connectivity index (χ4v) is 1.58. The van der Waals surface area contributed by atoms with Gasteiger partial charge in [0.15, 0.2) is 5.78 Å². The quantitative estimate of drug-likeness (QED) is 0.575. The lowest BCUT2D eigenvalue weighted by atomic mass is 10.2. The molecule has 0 saturated heterocycles. The van der Waals surface area contributed by atoms with Crippen molar-refractivity contribution in [3.8, 4) is 0 Å². The number of rotatable bonds is 1. The molecule has 0 amide bonds. The molecule has 0 spiro atoms. The van der Waals surface area contributed by atoms with Gasteiger partial charge in [-0.05, 0) is 0 Å². The molecule has 0 fully saturated rings. The largest absolute Gasteiger partial charge is 0.370 e. The Morgan fingerprint density at radius 1 is 1.58 bits per heavy atom. The number of fused-ring (bicyclic) bond motifs is 1. The first-order valence-electron chi connectivity index (χ1n) is 3.83. The van der Waals surface area contributed by atoms with Crippen molar-refractivity contribution >= 4 is 5.78 Å². The van der Waals surface area contributed by atoms with Crippen LogP contribution in [-0.4, -0.2) is 15.6 Å². The number of hydrogen-bond acceptors (Lipinski definition) is 3. The highest BCUT2D eigenvalue weighted by Gasteiger charge is 2.23. The van der Waals surface area contributed by atoms with E-state index in [4.69, 9.17) is 4.74 Å². The van der Waals surface area contributed by atoms with E-state index in [1.54, 1.807) is 18.7 Å². The Bertz CT molecular complexity index is 341. The molecule has 4 nitrogen and oxygen atoms in total. The summed E-state index contributed by atoms with van der Waals surface area (Å²) in [7, 11) is 1.79. The number of Topliss-reactive ketones (excluding diaryl/α,β-unsaturated/α-hetero) is 1. The van der Waals surface area contributed by atoms with Crippen LogP contribution in [0.15, 0.2) is 0 Å². The molecule has 2 rings (SSSR count). The summed E-state index contributed by atoms with van der Waals surface area (Å²) in [6.45, 7) is 2.62. The first-order chi connectivity index (χ1) is 5.70. The third kappa shape index (κ3) is 0.881. The number of carbonyl (C=O) groups is 1. The number of hydrogen-bond donors (Lipinski definition) is 0. The third-order valence-electron chi connectivity index (χ3n) is 2.05. The van der Waals surface area contributed by atoms with Crippen molar-refractivity contribution in [2.24, 2.45) is 7.05 Å². The van der Waals surface area contributed by atoms with Gasteiger partial charge < -0.3 is 4.74 Å². The van der Waals surface area contributed by atoms with Crippen LogP contribution in [0.3, 0.4) is 0 Å². The second-order valence-corrected chi connectivity index (χ2v) is 2.95. The summed E-state index contributed by atoms with van der Waals surface area (Å²) in [5, 5.41) is 4.18. The topological polar surface area (TPSA) is 44.1 Å². The summed E-state index contributed by atoms with van der Waals surface area (Å²) in [5.74, 6) is 0.0525. The highest BCUT2D eigenvalue weighted by atomic mass is 16.5. The van der Waals surface area contributed by atoms with E-state index in [0.29, 0.717) is 18.9 Å². The predicted octanol–water partition coefficient (Wildman–Crippen LogP) is 0.653. The maximum Gasteiger partial charge on any atom is 0.178 e. The van der Waals surface area contributed by atoms with Crippen LogP contribution in [0.4, 0.5) is 0 Å². The Kier molecular flexibility index (Phi) is 1.51. The Labute approximate surface area is 70.1 Å². The molecule has 0 bridgehead atoms. The van der Waals surface area contributed by atoms with E-state index in [1.807, 2.05) is 0 Å². The molecule has 0 aliphatic carbocycles. The van der Waals surface area contributed by atoms with Gasteiger partial charge in [0.2, 0.25) is 0 Å². The maximum atomic E-state index is 11.2. The van der Waals surface area contributed by atoms with Crippen molar-refractivity contribution in [3.63, 3.8) is 0 Å². The fraction of sp³-hybridized carbons (Fsp3) is 0.500. The molecule has 1 aromatic heterocycles. The minimum Gasteiger partial charge on any atom is -0.370 e. The zero-order valence-corrected chi connectivity index (χ0v) is 7.13. The molecule has 64 valence electrons. The van der Waals surface area contributed by atoms with Crippen molar-refractivity contribution in [2.75, 3.05) is 0 Å². The van der Waals surface area contributed by atoms with E-state index < -0.39 is 0 Å². The van der Waals surface area contributed by atoms with E-state index in [1.165, 1.54) is 0 Å². The van der Waals surface area contributed by atoms with E-state index in [9.17, 15) is 4.79 Å². The van der Waals surface area contributed by atoms with Crippen molar-refractivity contribution in [1.29, 1.82) is 0 Å². The Balaban J connectivity index is 2.59. The van der Waals surface area contributed by atoms with Crippen LogP contribution < -0.4 is 0 Å². The zero-order valence-electron chi connectivity index (χ0n) is 7.13. The summed E-state index contributed by atoms with van der Waals surface area (Å²) in [6, 6.07) is 0. The average molecular weight is 166 g/mol. The van der Waals surface area contributed by atoms with Crippen molar-refractivity contribution in [3.05, 3.63) is 17.0 Å². The van der Waals surface area contributed by atoms with Gasteiger partial charge in [0.05, 0.1) is 18.9 Å². The molecule has 0 N–H and O–H groups in total. The van der Waals surface area contributed by atoms with Crippen LogP contribution in [0.25, 0.3) is 0 Å². The predicted molar refractivity (Wildman–Crippen MR) is 41.7 cm³/mol. The van der Waals surface area contributed by atoms with Gasteiger partial charge in [-0.15, -0.1) is 0 Å². The lowest BCUT2D eigenvalue weighted by Crippen LogP contribution is -2.05. The average Bonchev–Trinajstić information content (AvgIpc) is 2.44. The molecule has 0 saturated carbocycles. The van der Waals surface area contributed by atoms with Crippen LogP contribution in [0.1, 0.15) is 28.7 Å².